The fourth-order valence-corrected chi connectivity index (χ4v) is 6.66. The average molecular weight is 587 g/mol. The number of halogens is 1. The summed E-state index contributed by atoms with van der Waals surface area (Å²) in [6, 6.07) is 9.06. The van der Waals surface area contributed by atoms with Gasteiger partial charge >= 0.3 is 0 Å². The first-order chi connectivity index (χ1) is 19.3. The number of aliphatic imine (C=N–C) groups is 1. The van der Waals surface area contributed by atoms with Crippen LogP contribution >= 0.6 is 34.3 Å². The molecular formula is C30H27ClN6OS2. The molecule has 0 bridgehead atoms. The number of amides is 1. The third-order valence-corrected chi connectivity index (χ3v) is 8.97. The van der Waals surface area contributed by atoms with Crippen molar-refractivity contribution >= 4 is 45.9 Å². The van der Waals surface area contributed by atoms with E-state index in [-0.39, 0.29) is 18.9 Å². The summed E-state index contributed by atoms with van der Waals surface area (Å²) in [5, 5.41) is 13.4. The van der Waals surface area contributed by atoms with Crippen molar-refractivity contribution in [2.45, 2.75) is 40.2 Å². The smallest absolute Gasteiger partial charge is 0.223 e. The van der Waals surface area contributed by atoms with Crippen LogP contribution in [0.15, 0.2) is 35.3 Å². The normalized spacial score (nSPS) is 13.7. The van der Waals surface area contributed by atoms with Crippen molar-refractivity contribution in [2.75, 3.05) is 13.1 Å². The standard InChI is InChI=1S/C30H27ClN6OS2/c1-17-18(2)40-30-27(17)28(21-9-11-23(31)12-10-21)34-25(29-36-35-20(4)37(29)30)16-26(38)33-14-6-8-24-15-22(7-5-13-32)19(3)39-24/h9-12,15,25H,13-14,16,32H2,1-4H3,(H,33,38)/t25-/m0/s1. The summed E-state index contributed by atoms with van der Waals surface area (Å²) < 4.78 is 2.04. The SMILES string of the molecule is Cc1sc(C#CCNC(=O)C[C@@H]2N=C(c3ccc(Cl)cc3)c3c(sc(C)c3C)-n3c(C)nnc32)cc1C#CCN. The molecule has 3 N–H and O–H groups in total. The van der Waals surface area contributed by atoms with Crippen LogP contribution in [0.1, 0.15) is 61.0 Å². The van der Waals surface area contributed by atoms with Crippen molar-refractivity contribution in [3.05, 3.63) is 83.9 Å². The lowest BCUT2D eigenvalue weighted by molar-refractivity contribution is -0.121. The van der Waals surface area contributed by atoms with Gasteiger partial charge in [0.25, 0.3) is 0 Å². The molecule has 7 nitrogen and oxygen atoms in total. The Balaban J connectivity index is 1.41. The van der Waals surface area contributed by atoms with Gasteiger partial charge in [0, 0.05) is 31.5 Å². The predicted octanol–water partition coefficient (Wildman–Crippen LogP) is 5.04. The number of aromatic nitrogens is 3. The predicted molar refractivity (Wildman–Crippen MR) is 163 cm³/mol. The highest BCUT2D eigenvalue weighted by molar-refractivity contribution is 7.15. The number of nitrogens with two attached hydrogens (primary N) is 1. The van der Waals surface area contributed by atoms with E-state index in [4.69, 9.17) is 22.3 Å². The second-order valence-corrected chi connectivity index (χ2v) is 12.2. The molecule has 1 aliphatic heterocycles. The molecule has 4 aromatic rings. The van der Waals surface area contributed by atoms with E-state index in [0.29, 0.717) is 17.4 Å². The summed E-state index contributed by atoms with van der Waals surface area (Å²) in [5.74, 6) is 13.3. The molecule has 10 heteroatoms. The lowest BCUT2D eigenvalue weighted by atomic mass is 9.99. The van der Waals surface area contributed by atoms with E-state index in [0.717, 1.165) is 48.5 Å². The zero-order valence-corrected chi connectivity index (χ0v) is 24.9. The molecule has 0 saturated heterocycles. The number of hydrogen-bond acceptors (Lipinski definition) is 7. The Hall–Kier alpha value is -3.73. The summed E-state index contributed by atoms with van der Waals surface area (Å²) in [6.45, 7) is 8.67. The van der Waals surface area contributed by atoms with E-state index in [2.05, 4.69) is 53.0 Å². The first-order valence-electron chi connectivity index (χ1n) is 12.7. The number of rotatable bonds is 4. The molecule has 3 aromatic heterocycles. The highest BCUT2D eigenvalue weighted by Crippen LogP contribution is 2.39. The molecule has 0 spiro atoms. The van der Waals surface area contributed by atoms with Crippen LogP contribution < -0.4 is 11.1 Å². The molecule has 40 heavy (non-hydrogen) atoms. The van der Waals surface area contributed by atoms with Gasteiger partial charge in [-0.25, -0.2) is 0 Å². The van der Waals surface area contributed by atoms with Crippen molar-refractivity contribution in [3.8, 4) is 28.7 Å². The zero-order chi connectivity index (χ0) is 28.4. The van der Waals surface area contributed by atoms with Crippen molar-refractivity contribution in [2.24, 2.45) is 10.7 Å². The highest BCUT2D eigenvalue weighted by Gasteiger charge is 2.32. The van der Waals surface area contributed by atoms with Crippen molar-refractivity contribution in [1.29, 1.82) is 0 Å². The minimum absolute atomic E-state index is 0.112. The number of fused-ring (bicyclic) bond motifs is 3. The highest BCUT2D eigenvalue weighted by atomic mass is 35.5. The van der Waals surface area contributed by atoms with Gasteiger partial charge in [0.2, 0.25) is 5.91 Å². The fraction of sp³-hybridized carbons (Fsp3) is 0.267. The molecule has 1 atom stereocenters. The Labute approximate surface area is 246 Å². The molecule has 0 saturated carbocycles. The summed E-state index contributed by atoms with van der Waals surface area (Å²) in [7, 11) is 0. The van der Waals surface area contributed by atoms with Crippen LogP contribution in [0.3, 0.4) is 0 Å². The van der Waals surface area contributed by atoms with Crippen LogP contribution in [0, 0.1) is 51.4 Å². The second kappa shape index (κ2) is 11.8. The minimum atomic E-state index is -0.525. The van der Waals surface area contributed by atoms with Gasteiger partial charge in [-0.1, -0.05) is 47.4 Å². The van der Waals surface area contributed by atoms with Gasteiger partial charge in [0.05, 0.1) is 30.1 Å². The van der Waals surface area contributed by atoms with Gasteiger partial charge in [-0.05, 0) is 51.5 Å². The summed E-state index contributed by atoms with van der Waals surface area (Å²) in [4.78, 5) is 21.4. The molecule has 0 unspecified atom stereocenters. The van der Waals surface area contributed by atoms with Crippen LogP contribution in [0.2, 0.25) is 5.02 Å². The van der Waals surface area contributed by atoms with Gasteiger partial charge < -0.3 is 11.1 Å². The number of carbonyl (C=O) groups is 1. The average Bonchev–Trinajstić information content (AvgIpc) is 3.55. The molecule has 202 valence electrons. The number of benzene rings is 1. The Bertz CT molecular complexity index is 1760. The van der Waals surface area contributed by atoms with Gasteiger partial charge in [-0.15, -0.1) is 32.9 Å². The van der Waals surface area contributed by atoms with Crippen LogP contribution in [0.4, 0.5) is 0 Å². The molecule has 0 aliphatic carbocycles. The summed E-state index contributed by atoms with van der Waals surface area (Å²) >= 11 is 9.44. The summed E-state index contributed by atoms with van der Waals surface area (Å²) in [6.07, 6.45) is 0.112. The Morgan fingerprint density at radius 2 is 1.85 bits per heavy atom. The molecule has 4 heterocycles. The number of carbonyl (C=O) groups excluding carboxylic acids is 1. The van der Waals surface area contributed by atoms with Gasteiger partial charge in [-0.2, -0.15) is 0 Å². The molecule has 5 rings (SSSR count). The van der Waals surface area contributed by atoms with Crippen molar-refractivity contribution < 1.29 is 4.79 Å². The first-order valence-corrected chi connectivity index (χ1v) is 14.7. The van der Waals surface area contributed by atoms with Crippen molar-refractivity contribution in [3.63, 3.8) is 0 Å². The van der Waals surface area contributed by atoms with E-state index >= 15 is 0 Å². The van der Waals surface area contributed by atoms with E-state index in [1.54, 1.807) is 22.7 Å². The largest absolute Gasteiger partial charge is 0.345 e. The Kier molecular flexibility index (Phi) is 8.20. The molecule has 1 aliphatic rings. The Morgan fingerprint density at radius 3 is 2.60 bits per heavy atom. The molecule has 1 amide bonds. The topological polar surface area (TPSA) is 98.2 Å². The maximum atomic E-state index is 13.1. The molecular weight excluding hydrogens is 560 g/mol. The third-order valence-electron chi connectivity index (χ3n) is 6.56. The van der Waals surface area contributed by atoms with E-state index in [9.17, 15) is 4.79 Å². The molecule has 1 aromatic carbocycles. The van der Waals surface area contributed by atoms with Gasteiger partial charge in [0.15, 0.2) is 5.82 Å². The number of nitrogens with zero attached hydrogens (tertiary/aromatic N) is 4. The quantitative estimate of drug-likeness (QED) is 0.327. The number of nitrogens with one attached hydrogen (secondary N) is 1. The number of thiophene rings is 2. The second-order valence-electron chi connectivity index (χ2n) is 9.27. The maximum Gasteiger partial charge on any atom is 0.223 e. The maximum absolute atomic E-state index is 13.1. The van der Waals surface area contributed by atoms with Crippen molar-refractivity contribution in [1.82, 2.24) is 20.1 Å². The summed E-state index contributed by atoms with van der Waals surface area (Å²) in [5.41, 5.74) is 10.3. The molecule has 0 radical (unpaired) electrons. The number of hydrogen-bond donors (Lipinski definition) is 2. The monoisotopic (exact) mass is 586 g/mol. The minimum Gasteiger partial charge on any atom is -0.345 e. The lowest BCUT2D eigenvalue weighted by Crippen LogP contribution is -2.25. The third kappa shape index (κ3) is 5.60. The van der Waals surface area contributed by atoms with Gasteiger partial charge in [-0.3, -0.25) is 14.4 Å². The van der Waals surface area contributed by atoms with E-state index in [1.807, 2.05) is 48.7 Å². The molecule has 0 fully saturated rings. The van der Waals surface area contributed by atoms with E-state index < -0.39 is 6.04 Å². The van der Waals surface area contributed by atoms with Crippen LogP contribution in [0.5, 0.6) is 0 Å². The van der Waals surface area contributed by atoms with Crippen LogP contribution in [0.25, 0.3) is 5.00 Å². The number of aryl methyl sites for hydroxylation is 3. The van der Waals surface area contributed by atoms with E-state index in [1.165, 1.54) is 4.88 Å². The fourth-order valence-electron chi connectivity index (χ4n) is 4.47. The lowest BCUT2D eigenvalue weighted by Gasteiger charge is -2.12. The Morgan fingerprint density at radius 1 is 1.07 bits per heavy atom. The van der Waals surface area contributed by atoms with Crippen LogP contribution in [-0.4, -0.2) is 39.5 Å². The first kappa shape index (κ1) is 27.8. The van der Waals surface area contributed by atoms with Crippen LogP contribution in [-0.2, 0) is 4.79 Å². The van der Waals surface area contributed by atoms with Gasteiger partial charge in [0.1, 0.15) is 16.9 Å². The zero-order valence-electron chi connectivity index (χ0n) is 22.6.